The summed E-state index contributed by atoms with van der Waals surface area (Å²) in [6.07, 6.45) is 4.66. The van der Waals surface area contributed by atoms with Crippen molar-refractivity contribution >= 4 is 12.0 Å². The van der Waals surface area contributed by atoms with Crippen LogP contribution >= 0.6 is 0 Å². The molecule has 152 valence electrons. The average molecular weight is 372 g/mol. The van der Waals surface area contributed by atoms with Crippen LogP contribution in [-0.2, 0) is 14.4 Å². The van der Waals surface area contributed by atoms with Gasteiger partial charge in [-0.05, 0) is 52.1 Å². The van der Waals surface area contributed by atoms with Crippen molar-refractivity contribution in [2.24, 2.45) is 5.92 Å². The Hall–Kier alpha value is -1.34. The highest BCUT2D eigenvalue weighted by atomic mass is 16.7. The number of likely N-dealkylation sites (tertiary alicyclic amines) is 2. The number of ether oxygens (including phenoxy) is 1. The average Bonchev–Trinajstić information content (AvgIpc) is 2.95. The second-order valence-electron chi connectivity index (χ2n) is 6.60. The molecule has 7 heteroatoms. The third-order valence-corrected chi connectivity index (χ3v) is 5.20. The molecule has 1 unspecified atom stereocenters. The van der Waals surface area contributed by atoms with Gasteiger partial charge in [-0.15, -0.1) is 0 Å². The second kappa shape index (κ2) is 12.1. The summed E-state index contributed by atoms with van der Waals surface area (Å²) in [5.74, 6) is 0.138. The van der Waals surface area contributed by atoms with Gasteiger partial charge in [-0.2, -0.15) is 0 Å². The summed E-state index contributed by atoms with van der Waals surface area (Å²) < 4.78 is 5.11. The standard InChI is InChI=1S/C17H31N3O4.C2H6/c1-4-24-17(22)20-10-5-6-15(9-13-20)19-11-7-14(8-12-19)16(21)18(2)23-3;1-2/h14-15H,4-13H2,1-3H3;1-2H3. The van der Waals surface area contributed by atoms with Crippen LogP contribution in [0.2, 0.25) is 0 Å². The Labute approximate surface area is 158 Å². The van der Waals surface area contributed by atoms with E-state index in [0.29, 0.717) is 12.6 Å². The van der Waals surface area contributed by atoms with Crippen LogP contribution < -0.4 is 0 Å². The maximum Gasteiger partial charge on any atom is 0.409 e. The lowest BCUT2D eigenvalue weighted by Crippen LogP contribution is -2.45. The molecular formula is C19H37N3O4. The van der Waals surface area contributed by atoms with Gasteiger partial charge in [-0.25, -0.2) is 9.86 Å². The fraction of sp³-hybridized carbons (Fsp3) is 0.895. The first-order valence-corrected chi connectivity index (χ1v) is 10.0. The molecule has 0 N–H and O–H groups in total. The van der Waals surface area contributed by atoms with Gasteiger partial charge in [0.2, 0.25) is 5.91 Å². The number of carbonyl (C=O) groups is 2. The fourth-order valence-corrected chi connectivity index (χ4v) is 3.70. The van der Waals surface area contributed by atoms with Gasteiger partial charge in [-0.3, -0.25) is 9.63 Å². The Kier molecular flexibility index (Phi) is 10.6. The van der Waals surface area contributed by atoms with E-state index in [2.05, 4.69) is 4.90 Å². The zero-order chi connectivity index (χ0) is 19.5. The van der Waals surface area contributed by atoms with Gasteiger partial charge in [0.25, 0.3) is 0 Å². The maximum absolute atomic E-state index is 12.2. The number of piperidine rings is 1. The van der Waals surface area contributed by atoms with E-state index < -0.39 is 0 Å². The third kappa shape index (κ3) is 6.43. The molecule has 0 saturated carbocycles. The first-order valence-electron chi connectivity index (χ1n) is 10.0. The van der Waals surface area contributed by atoms with Crippen molar-refractivity contribution in [1.82, 2.24) is 14.9 Å². The molecule has 0 bridgehead atoms. The molecule has 26 heavy (non-hydrogen) atoms. The Morgan fingerprint density at radius 1 is 1.04 bits per heavy atom. The van der Waals surface area contributed by atoms with Gasteiger partial charge >= 0.3 is 6.09 Å². The highest BCUT2D eigenvalue weighted by molar-refractivity contribution is 5.77. The van der Waals surface area contributed by atoms with Crippen molar-refractivity contribution in [3.8, 4) is 0 Å². The summed E-state index contributed by atoms with van der Waals surface area (Å²) in [6.45, 7) is 9.69. The van der Waals surface area contributed by atoms with Crippen LogP contribution in [0.1, 0.15) is 52.9 Å². The van der Waals surface area contributed by atoms with Crippen LogP contribution in [0.3, 0.4) is 0 Å². The van der Waals surface area contributed by atoms with E-state index in [0.717, 1.165) is 58.3 Å². The molecule has 2 saturated heterocycles. The topological polar surface area (TPSA) is 62.3 Å². The highest BCUT2D eigenvalue weighted by Crippen LogP contribution is 2.25. The predicted octanol–water partition coefficient (Wildman–Crippen LogP) is 2.76. The molecule has 2 heterocycles. The van der Waals surface area contributed by atoms with Crippen LogP contribution in [0.4, 0.5) is 4.79 Å². The van der Waals surface area contributed by atoms with Gasteiger partial charge in [0.05, 0.1) is 13.7 Å². The summed E-state index contributed by atoms with van der Waals surface area (Å²) in [5, 5.41) is 1.34. The van der Waals surface area contributed by atoms with Crippen molar-refractivity contribution in [2.75, 3.05) is 46.9 Å². The monoisotopic (exact) mass is 371 g/mol. The zero-order valence-corrected chi connectivity index (χ0v) is 17.2. The van der Waals surface area contributed by atoms with Crippen molar-refractivity contribution in [1.29, 1.82) is 0 Å². The van der Waals surface area contributed by atoms with Crippen molar-refractivity contribution in [3.05, 3.63) is 0 Å². The molecule has 0 radical (unpaired) electrons. The van der Waals surface area contributed by atoms with Crippen LogP contribution in [0, 0.1) is 5.92 Å². The van der Waals surface area contributed by atoms with E-state index in [1.165, 1.54) is 12.2 Å². The SMILES string of the molecule is CC.CCOC(=O)N1CCCC(N2CCC(C(=O)N(C)OC)CC2)CC1. The van der Waals surface area contributed by atoms with Gasteiger partial charge in [-0.1, -0.05) is 13.8 Å². The van der Waals surface area contributed by atoms with E-state index in [1.807, 2.05) is 25.7 Å². The van der Waals surface area contributed by atoms with Crippen LogP contribution in [0.25, 0.3) is 0 Å². The summed E-state index contributed by atoms with van der Waals surface area (Å²) in [5.41, 5.74) is 0. The molecule has 0 aliphatic carbocycles. The molecule has 0 spiro atoms. The molecule has 7 nitrogen and oxygen atoms in total. The zero-order valence-electron chi connectivity index (χ0n) is 17.2. The van der Waals surface area contributed by atoms with Crippen molar-refractivity contribution in [2.45, 2.75) is 58.9 Å². The van der Waals surface area contributed by atoms with Gasteiger partial charge in [0, 0.05) is 32.1 Å². The summed E-state index contributed by atoms with van der Waals surface area (Å²) in [7, 11) is 3.19. The largest absolute Gasteiger partial charge is 0.450 e. The summed E-state index contributed by atoms with van der Waals surface area (Å²) in [4.78, 5) is 33.4. The first-order chi connectivity index (χ1) is 12.6. The molecule has 0 aromatic carbocycles. The number of hydroxylamine groups is 2. The van der Waals surface area contributed by atoms with Crippen LogP contribution in [0.5, 0.6) is 0 Å². The van der Waals surface area contributed by atoms with E-state index in [-0.39, 0.29) is 17.9 Å². The molecule has 2 fully saturated rings. The van der Waals surface area contributed by atoms with Crippen molar-refractivity contribution < 1.29 is 19.2 Å². The first kappa shape index (κ1) is 22.7. The lowest BCUT2D eigenvalue weighted by Gasteiger charge is -2.37. The molecule has 0 aromatic heterocycles. The normalized spacial score (nSPS) is 22.0. The minimum Gasteiger partial charge on any atom is -0.450 e. The molecule has 2 aliphatic rings. The molecule has 1 atom stereocenters. The predicted molar refractivity (Wildman–Crippen MR) is 102 cm³/mol. The van der Waals surface area contributed by atoms with Gasteiger partial charge in [0.15, 0.2) is 0 Å². The lowest BCUT2D eigenvalue weighted by atomic mass is 9.93. The lowest BCUT2D eigenvalue weighted by molar-refractivity contribution is -0.175. The molecule has 2 amide bonds. The van der Waals surface area contributed by atoms with Crippen LogP contribution in [0.15, 0.2) is 0 Å². The minimum absolute atomic E-state index is 0.0630. The Morgan fingerprint density at radius 3 is 2.27 bits per heavy atom. The molecule has 2 rings (SSSR count). The Morgan fingerprint density at radius 2 is 1.69 bits per heavy atom. The molecule has 0 aromatic rings. The van der Waals surface area contributed by atoms with E-state index in [4.69, 9.17) is 9.57 Å². The number of nitrogens with zero attached hydrogens (tertiary/aromatic N) is 3. The number of hydrogen-bond acceptors (Lipinski definition) is 5. The van der Waals surface area contributed by atoms with Gasteiger partial charge in [0.1, 0.15) is 0 Å². The van der Waals surface area contributed by atoms with E-state index in [1.54, 1.807) is 7.05 Å². The summed E-state index contributed by atoms with van der Waals surface area (Å²) in [6, 6.07) is 0.501. The van der Waals surface area contributed by atoms with Crippen LogP contribution in [-0.4, -0.2) is 79.8 Å². The Balaban J connectivity index is 0.00000163. The third-order valence-electron chi connectivity index (χ3n) is 5.20. The minimum atomic E-state index is -0.190. The molecular weight excluding hydrogens is 334 g/mol. The highest BCUT2D eigenvalue weighted by Gasteiger charge is 2.31. The fourth-order valence-electron chi connectivity index (χ4n) is 3.70. The molecule has 2 aliphatic heterocycles. The number of carbonyl (C=O) groups excluding carboxylic acids is 2. The van der Waals surface area contributed by atoms with E-state index >= 15 is 0 Å². The Bertz CT molecular complexity index is 425. The van der Waals surface area contributed by atoms with Crippen molar-refractivity contribution in [3.63, 3.8) is 0 Å². The second-order valence-corrected chi connectivity index (χ2v) is 6.60. The number of hydrogen-bond donors (Lipinski definition) is 0. The smallest absolute Gasteiger partial charge is 0.409 e. The summed E-state index contributed by atoms with van der Waals surface area (Å²) >= 11 is 0. The quantitative estimate of drug-likeness (QED) is 0.711. The van der Waals surface area contributed by atoms with E-state index in [9.17, 15) is 9.59 Å². The maximum atomic E-state index is 12.2. The number of amides is 2. The van der Waals surface area contributed by atoms with Gasteiger partial charge < -0.3 is 14.5 Å². The number of rotatable bonds is 4.